The van der Waals surface area contributed by atoms with Crippen LogP contribution in [0.1, 0.15) is 44.3 Å². The summed E-state index contributed by atoms with van der Waals surface area (Å²) in [4.78, 5) is 0. The molecule has 0 amide bonds. The Hall–Kier alpha value is -0.350. The Morgan fingerprint density at radius 3 is 2.81 bits per heavy atom. The molecule has 16 heavy (non-hydrogen) atoms. The van der Waals surface area contributed by atoms with E-state index in [1.165, 1.54) is 31.4 Å². The lowest BCUT2D eigenvalue weighted by Crippen LogP contribution is -2.27. The van der Waals surface area contributed by atoms with Gasteiger partial charge in [0.15, 0.2) is 0 Å². The van der Waals surface area contributed by atoms with Crippen molar-refractivity contribution in [2.45, 2.75) is 38.6 Å². The SMILES string of the molecule is CCNC(CC1CCC1)c1c(Br)cnn1C. The largest absolute Gasteiger partial charge is 0.309 e. The first kappa shape index (κ1) is 12.1. The van der Waals surface area contributed by atoms with Crippen LogP contribution in [0.5, 0.6) is 0 Å². The van der Waals surface area contributed by atoms with Gasteiger partial charge in [0.25, 0.3) is 0 Å². The summed E-state index contributed by atoms with van der Waals surface area (Å²) < 4.78 is 3.11. The maximum atomic E-state index is 4.30. The summed E-state index contributed by atoms with van der Waals surface area (Å²) >= 11 is 3.59. The van der Waals surface area contributed by atoms with Gasteiger partial charge in [-0.15, -0.1) is 0 Å². The summed E-state index contributed by atoms with van der Waals surface area (Å²) in [6.07, 6.45) is 7.34. The van der Waals surface area contributed by atoms with Crippen LogP contribution in [0.15, 0.2) is 10.7 Å². The van der Waals surface area contributed by atoms with Crippen LogP contribution < -0.4 is 5.32 Å². The van der Waals surface area contributed by atoms with Gasteiger partial charge in [0, 0.05) is 7.05 Å². The van der Waals surface area contributed by atoms with Crippen LogP contribution in [-0.2, 0) is 7.05 Å². The highest BCUT2D eigenvalue weighted by Gasteiger charge is 2.25. The third-order valence-corrected chi connectivity index (χ3v) is 4.12. The summed E-state index contributed by atoms with van der Waals surface area (Å²) in [5.74, 6) is 0.908. The van der Waals surface area contributed by atoms with Crippen LogP contribution in [0.4, 0.5) is 0 Å². The Bertz CT molecular complexity index is 325. The summed E-state index contributed by atoms with van der Waals surface area (Å²) in [5, 5.41) is 7.88. The van der Waals surface area contributed by atoms with Crippen molar-refractivity contribution >= 4 is 15.9 Å². The van der Waals surface area contributed by atoms with E-state index in [-0.39, 0.29) is 0 Å². The quantitative estimate of drug-likeness (QED) is 0.901. The van der Waals surface area contributed by atoms with E-state index in [9.17, 15) is 0 Å². The second-order valence-corrected chi connectivity index (χ2v) is 5.50. The minimum Gasteiger partial charge on any atom is -0.309 e. The third kappa shape index (κ3) is 2.48. The minimum absolute atomic E-state index is 0.442. The lowest BCUT2D eigenvalue weighted by Gasteiger charge is -2.30. The molecule has 90 valence electrons. The highest BCUT2D eigenvalue weighted by molar-refractivity contribution is 9.10. The first-order valence-electron chi connectivity index (χ1n) is 6.13. The molecule has 0 radical (unpaired) electrons. The number of nitrogens with zero attached hydrogens (tertiary/aromatic N) is 2. The average molecular weight is 286 g/mol. The fourth-order valence-electron chi connectivity index (χ4n) is 2.41. The summed E-state index contributed by atoms with van der Waals surface area (Å²) in [7, 11) is 2.02. The van der Waals surface area contributed by atoms with Crippen LogP contribution in [0, 0.1) is 5.92 Å². The van der Waals surface area contributed by atoms with Crippen molar-refractivity contribution in [3.05, 3.63) is 16.4 Å². The Kier molecular flexibility index (Phi) is 4.03. The molecule has 1 saturated carbocycles. The topological polar surface area (TPSA) is 29.9 Å². The standard InChI is InChI=1S/C12H20BrN3/c1-3-14-11(7-9-5-4-6-9)12-10(13)8-15-16(12)2/h8-9,11,14H,3-7H2,1-2H3. The summed E-state index contributed by atoms with van der Waals surface area (Å²) in [5.41, 5.74) is 1.29. The lowest BCUT2D eigenvalue weighted by molar-refractivity contribution is 0.258. The Balaban J connectivity index is 2.10. The van der Waals surface area contributed by atoms with Crippen LogP contribution in [0.3, 0.4) is 0 Å². The van der Waals surface area contributed by atoms with Crippen LogP contribution >= 0.6 is 15.9 Å². The molecule has 1 aromatic heterocycles. The van der Waals surface area contributed by atoms with Gasteiger partial charge in [-0.2, -0.15) is 5.10 Å². The van der Waals surface area contributed by atoms with E-state index in [4.69, 9.17) is 0 Å². The maximum absolute atomic E-state index is 4.30. The van der Waals surface area contributed by atoms with Gasteiger partial charge in [0.05, 0.1) is 22.4 Å². The van der Waals surface area contributed by atoms with Crippen molar-refractivity contribution in [1.82, 2.24) is 15.1 Å². The molecule has 4 heteroatoms. The van der Waals surface area contributed by atoms with Gasteiger partial charge in [-0.25, -0.2) is 0 Å². The lowest BCUT2D eigenvalue weighted by atomic mass is 9.80. The molecule has 0 aromatic carbocycles. The molecule has 1 unspecified atom stereocenters. The average Bonchev–Trinajstić information content (AvgIpc) is 2.51. The number of nitrogens with one attached hydrogen (secondary N) is 1. The van der Waals surface area contributed by atoms with Crippen molar-refractivity contribution in [2.75, 3.05) is 6.54 Å². The molecule has 1 N–H and O–H groups in total. The van der Waals surface area contributed by atoms with Gasteiger partial charge in [-0.1, -0.05) is 26.2 Å². The molecular formula is C12H20BrN3. The maximum Gasteiger partial charge on any atom is 0.0692 e. The van der Waals surface area contributed by atoms with Crippen molar-refractivity contribution in [2.24, 2.45) is 13.0 Å². The van der Waals surface area contributed by atoms with E-state index in [0.29, 0.717) is 6.04 Å². The van der Waals surface area contributed by atoms with Crippen molar-refractivity contribution in [3.63, 3.8) is 0 Å². The van der Waals surface area contributed by atoms with E-state index in [0.717, 1.165) is 16.9 Å². The molecule has 0 spiro atoms. The molecule has 2 rings (SSSR count). The van der Waals surface area contributed by atoms with Gasteiger partial charge < -0.3 is 5.32 Å². The zero-order valence-corrected chi connectivity index (χ0v) is 11.6. The first-order valence-corrected chi connectivity index (χ1v) is 6.92. The number of aryl methyl sites for hydroxylation is 1. The minimum atomic E-state index is 0.442. The van der Waals surface area contributed by atoms with Gasteiger partial charge in [0.2, 0.25) is 0 Å². The summed E-state index contributed by atoms with van der Waals surface area (Å²) in [6, 6.07) is 0.442. The Morgan fingerprint density at radius 2 is 2.38 bits per heavy atom. The zero-order valence-electron chi connectivity index (χ0n) is 10.0. The molecule has 1 atom stereocenters. The van der Waals surface area contributed by atoms with E-state index >= 15 is 0 Å². The normalized spacial score (nSPS) is 18.4. The fourth-order valence-corrected chi connectivity index (χ4v) is 3.04. The highest BCUT2D eigenvalue weighted by Crippen LogP contribution is 2.36. The van der Waals surface area contributed by atoms with Gasteiger partial charge in [-0.3, -0.25) is 4.68 Å². The predicted molar refractivity (Wildman–Crippen MR) is 69.3 cm³/mol. The summed E-state index contributed by atoms with van der Waals surface area (Å²) in [6.45, 7) is 3.17. The smallest absolute Gasteiger partial charge is 0.0692 e. The number of hydrogen-bond donors (Lipinski definition) is 1. The van der Waals surface area contributed by atoms with Gasteiger partial charge in [-0.05, 0) is 34.8 Å². The molecule has 1 fully saturated rings. The Labute approximate surface area is 106 Å². The molecule has 1 heterocycles. The zero-order chi connectivity index (χ0) is 11.5. The van der Waals surface area contributed by atoms with E-state index < -0.39 is 0 Å². The number of halogens is 1. The highest BCUT2D eigenvalue weighted by atomic mass is 79.9. The first-order chi connectivity index (χ1) is 7.72. The van der Waals surface area contributed by atoms with Crippen molar-refractivity contribution < 1.29 is 0 Å². The molecule has 0 bridgehead atoms. The molecule has 0 aliphatic heterocycles. The second-order valence-electron chi connectivity index (χ2n) is 4.64. The van der Waals surface area contributed by atoms with Crippen LogP contribution in [-0.4, -0.2) is 16.3 Å². The monoisotopic (exact) mass is 285 g/mol. The molecule has 1 aliphatic rings. The Morgan fingerprint density at radius 1 is 1.62 bits per heavy atom. The third-order valence-electron chi connectivity index (χ3n) is 3.51. The van der Waals surface area contributed by atoms with Gasteiger partial charge in [0.1, 0.15) is 0 Å². The van der Waals surface area contributed by atoms with Crippen LogP contribution in [0.25, 0.3) is 0 Å². The molecular weight excluding hydrogens is 266 g/mol. The van der Waals surface area contributed by atoms with Crippen molar-refractivity contribution in [1.29, 1.82) is 0 Å². The van der Waals surface area contributed by atoms with E-state index in [1.54, 1.807) is 0 Å². The van der Waals surface area contributed by atoms with Crippen molar-refractivity contribution in [3.8, 4) is 0 Å². The van der Waals surface area contributed by atoms with Gasteiger partial charge >= 0.3 is 0 Å². The molecule has 1 aliphatic carbocycles. The second kappa shape index (κ2) is 5.32. The number of aromatic nitrogens is 2. The number of hydrogen-bond acceptors (Lipinski definition) is 2. The van der Waals surface area contributed by atoms with Crippen LogP contribution in [0.2, 0.25) is 0 Å². The number of rotatable bonds is 5. The fraction of sp³-hybridized carbons (Fsp3) is 0.750. The molecule has 1 aromatic rings. The molecule has 0 saturated heterocycles. The van der Waals surface area contributed by atoms with E-state index in [1.807, 2.05) is 17.9 Å². The molecule has 3 nitrogen and oxygen atoms in total. The van der Waals surface area contributed by atoms with E-state index in [2.05, 4.69) is 33.3 Å². The predicted octanol–water partition coefficient (Wildman–Crippen LogP) is 3.02.